The van der Waals surface area contributed by atoms with E-state index in [4.69, 9.17) is 0 Å². The lowest BCUT2D eigenvalue weighted by atomic mass is 9.87. The fourth-order valence-corrected chi connectivity index (χ4v) is 2.57. The highest BCUT2D eigenvalue weighted by molar-refractivity contribution is 5.34. The van der Waals surface area contributed by atoms with Gasteiger partial charge in [-0.1, -0.05) is 39.0 Å². The number of aryl methyl sites for hydroxylation is 1. The van der Waals surface area contributed by atoms with Crippen LogP contribution in [0.4, 0.5) is 5.82 Å². The number of aromatic nitrogens is 2. The summed E-state index contributed by atoms with van der Waals surface area (Å²) in [5.41, 5.74) is 1.11. The molecule has 2 rings (SSSR count). The largest absolute Gasteiger partial charge is 0.370 e. The van der Waals surface area contributed by atoms with Gasteiger partial charge in [-0.2, -0.15) is 0 Å². The molecule has 0 unspecified atom stereocenters. The molecule has 1 fully saturated rings. The Hall–Kier alpha value is -1.12. The van der Waals surface area contributed by atoms with Crippen molar-refractivity contribution in [2.45, 2.75) is 51.9 Å². The molecule has 3 heteroatoms. The molecule has 1 N–H and O–H groups in total. The molecule has 0 saturated heterocycles. The van der Waals surface area contributed by atoms with Crippen molar-refractivity contribution in [1.82, 2.24) is 9.97 Å². The topological polar surface area (TPSA) is 37.8 Å². The first-order chi connectivity index (χ1) is 8.38. The van der Waals surface area contributed by atoms with E-state index >= 15 is 0 Å². The van der Waals surface area contributed by atoms with Crippen LogP contribution in [-0.4, -0.2) is 16.5 Å². The molecular weight excluding hydrogens is 210 g/mol. The van der Waals surface area contributed by atoms with E-state index in [2.05, 4.69) is 28.3 Å². The summed E-state index contributed by atoms with van der Waals surface area (Å²) in [6, 6.07) is 2.06. The van der Waals surface area contributed by atoms with Crippen LogP contribution in [0, 0.1) is 5.92 Å². The minimum absolute atomic E-state index is 0.934. The molecule has 0 radical (unpaired) electrons. The fourth-order valence-electron chi connectivity index (χ4n) is 2.57. The van der Waals surface area contributed by atoms with E-state index < -0.39 is 0 Å². The maximum atomic E-state index is 4.25. The van der Waals surface area contributed by atoms with Crippen molar-refractivity contribution >= 4 is 5.82 Å². The van der Waals surface area contributed by atoms with Crippen LogP contribution in [-0.2, 0) is 6.42 Å². The molecule has 1 aliphatic rings. The van der Waals surface area contributed by atoms with Gasteiger partial charge in [-0.05, 0) is 18.8 Å². The zero-order valence-electron chi connectivity index (χ0n) is 10.8. The summed E-state index contributed by atoms with van der Waals surface area (Å²) >= 11 is 0. The minimum atomic E-state index is 0.934. The van der Waals surface area contributed by atoms with Gasteiger partial charge in [-0.15, -0.1) is 0 Å². The van der Waals surface area contributed by atoms with E-state index in [0.717, 1.165) is 30.4 Å². The first-order valence-electron chi connectivity index (χ1n) is 6.93. The quantitative estimate of drug-likeness (QED) is 0.846. The highest BCUT2D eigenvalue weighted by atomic mass is 15.0. The van der Waals surface area contributed by atoms with Crippen molar-refractivity contribution in [1.29, 1.82) is 0 Å². The third-order valence-corrected chi connectivity index (χ3v) is 3.67. The van der Waals surface area contributed by atoms with Crippen LogP contribution in [0.3, 0.4) is 0 Å². The van der Waals surface area contributed by atoms with Crippen LogP contribution in [0.2, 0.25) is 0 Å². The monoisotopic (exact) mass is 233 g/mol. The zero-order chi connectivity index (χ0) is 11.9. The smallest absolute Gasteiger partial charge is 0.129 e. The maximum Gasteiger partial charge on any atom is 0.129 e. The van der Waals surface area contributed by atoms with Gasteiger partial charge in [-0.3, -0.25) is 0 Å². The lowest BCUT2D eigenvalue weighted by molar-refractivity contribution is 0.345. The number of hydrogen-bond acceptors (Lipinski definition) is 3. The van der Waals surface area contributed by atoms with E-state index in [0.29, 0.717) is 0 Å². The first kappa shape index (κ1) is 12.3. The van der Waals surface area contributed by atoms with Crippen molar-refractivity contribution in [3.63, 3.8) is 0 Å². The molecule has 17 heavy (non-hydrogen) atoms. The van der Waals surface area contributed by atoms with E-state index in [1.807, 2.05) is 0 Å². The summed E-state index contributed by atoms with van der Waals surface area (Å²) in [5, 5.41) is 3.42. The summed E-state index contributed by atoms with van der Waals surface area (Å²) in [6.45, 7) is 3.17. The first-order valence-corrected chi connectivity index (χ1v) is 6.93. The molecule has 0 amide bonds. The van der Waals surface area contributed by atoms with Crippen molar-refractivity contribution in [2.75, 3.05) is 11.9 Å². The van der Waals surface area contributed by atoms with Crippen molar-refractivity contribution in [3.05, 3.63) is 18.1 Å². The molecule has 1 aromatic heterocycles. The highest BCUT2D eigenvalue weighted by Gasteiger charge is 2.12. The Morgan fingerprint density at radius 3 is 2.82 bits per heavy atom. The summed E-state index contributed by atoms with van der Waals surface area (Å²) in [4.78, 5) is 8.45. The zero-order valence-corrected chi connectivity index (χ0v) is 10.8. The van der Waals surface area contributed by atoms with Gasteiger partial charge >= 0.3 is 0 Å². The van der Waals surface area contributed by atoms with E-state index in [-0.39, 0.29) is 0 Å². The van der Waals surface area contributed by atoms with E-state index in [1.54, 1.807) is 6.33 Å². The molecule has 1 heterocycles. The SMILES string of the molecule is CCc1cc(NCCC2CCCCC2)ncn1. The average molecular weight is 233 g/mol. The van der Waals surface area contributed by atoms with Gasteiger partial charge < -0.3 is 5.32 Å². The van der Waals surface area contributed by atoms with Crippen LogP contribution < -0.4 is 5.32 Å². The predicted molar refractivity (Wildman–Crippen MR) is 71.1 cm³/mol. The Kier molecular flexibility index (Phi) is 4.77. The second-order valence-electron chi connectivity index (χ2n) is 4.97. The Bertz CT molecular complexity index is 332. The van der Waals surface area contributed by atoms with E-state index in [9.17, 15) is 0 Å². The van der Waals surface area contributed by atoms with Crippen LogP contribution in [0.25, 0.3) is 0 Å². The number of hydrogen-bond donors (Lipinski definition) is 1. The van der Waals surface area contributed by atoms with Gasteiger partial charge in [0.15, 0.2) is 0 Å². The molecule has 0 spiro atoms. The number of nitrogens with zero attached hydrogens (tertiary/aromatic N) is 2. The van der Waals surface area contributed by atoms with Gasteiger partial charge in [-0.25, -0.2) is 9.97 Å². The Morgan fingerprint density at radius 1 is 1.24 bits per heavy atom. The fraction of sp³-hybridized carbons (Fsp3) is 0.714. The lowest BCUT2D eigenvalue weighted by Gasteiger charge is -2.21. The van der Waals surface area contributed by atoms with Crippen LogP contribution in [0.5, 0.6) is 0 Å². The predicted octanol–water partition coefficient (Wildman–Crippen LogP) is 3.42. The van der Waals surface area contributed by atoms with Crippen molar-refractivity contribution in [3.8, 4) is 0 Å². The average Bonchev–Trinajstić information content (AvgIpc) is 2.40. The van der Waals surface area contributed by atoms with Crippen molar-refractivity contribution < 1.29 is 0 Å². The molecule has 1 saturated carbocycles. The number of rotatable bonds is 5. The summed E-state index contributed by atoms with van der Waals surface area (Å²) in [7, 11) is 0. The van der Waals surface area contributed by atoms with Gasteiger partial charge in [0, 0.05) is 18.3 Å². The van der Waals surface area contributed by atoms with Crippen LogP contribution in [0.1, 0.15) is 51.1 Å². The Labute approximate surface area is 104 Å². The molecule has 1 aromatic rings. The molecule has 3 nitrogen and oxygen atoms in total. The van der Waals surface area contributed by atoms with E-state index in [1.165, 1.54) is 38.5 Å². The van der Waals surface area contributed by atoms with Gasteiger partial charge in [0.2, 0.25) is 0 Å². The second kappa shape index (κ2) is 6.58. The second-order valence-corrected chi connectivity index (χ2v) is 4.97. The molecule has 0 atom stereocenters. The van der Waals surface area contributed by atoms with Crippen molar-refractivity contribution in [2.24, 2.45) is 5.92 Å². The summed E-state index contributed by atoms with van der Waals surface area (Å²) in [6.07, 6.45) is 11.1. The molecule has 94 valence electrons. The standard InChI is InChI=1S/C14H23N3/c1-2-13-10-14(17-11-16-13)15-9-8-12-6-4-3-5-7-12/h10-12H,2-9H2,1H3,(H,15,16,17). The molecule has 0 bridgehead atoms. The van der Waals surface area contributed by atoms with Gasteiger partial charge in [0.05, 0.1) is 0 Å². The summed E-state index contributed by atoms with van der Waals surface area (Å²) < 4.78 is 0. The lowest BCUT2D eigenvalue weighted by Crippen LogP contribution is -2.12. The van der Waals surface area contributed by atoms with Crippen LogP contribution in [0.15, 0.2) is 12.4 Å². The maximum absolute atomic E-state index is 4.25. The highest BCUT2D eigenvalue weighted by Crippen LogP contribution is 2.26. The third kappa shape index (κ3) is 3.99. The van der Waals surface area contributed by atoms with Crippen LogP contribution >= 0.6 is 0 Å². The Balaban J connectivity index is 1.73. The summed E-state index contributed by atoms with van der Waals surface area (Å²) in [5.74, 6) is 1.91. The normalized spacial score (nSPS) is 17.0. The van der Waals surface area contributed by atoms with Gasteiger partial charge in [0.25, 0.3) is 0 Å². The van der Waals surface area contributed by atoms with Gasteiger partial charge in [0.1, 0.15) is 12.1 Å². The number of nitrogens with one attached hydrogen (secondary N) is 1. The molecule has 1 aliphatic carbocycles. The molecular formula is C14H23N3. The molecule has 0 aromatic carbocycles. The Morgan fingerprint density at radius 2 is 2.06 bits per heavy atom. The molecule has 0 aliphatic heterocycles. The minimum Gasteiger partial charge on any atom is -0.370 e. The number of anilines is 1. The third-order valence-electron chi connectivity index (χ3n) is 3.67.